The number of anilines is 1. The summed E-state index contributed by atoms with van der Waals surface area (Å²) in [7, 11) is 1.49. The highest BCUT2D eigenvalue weighted by atomic mass is 16.6. The van der Waals surface area contributed by atoms with Crippen LogP contribution in [0.2, 0.25) is 0 Å². The van der Waals surface area contributed by atoms with E-state index in [9.17, 15) is 14.9 Å². The molecule has 2 atom stereocenters. The van der Waals surface area contributed by atoms with Gasteiger partial charge >= 0.3 is 6.09 Å². The Morgan fingerprint density at radius 3 is 2.97 bits per heavy atom. The molecule has 3 aliphatic heterocycles. The SMILES string of the molecule is COc1nccc(N2C[C@@H]3COC[C@H](C2)N(C(=O)CN2CCOC2=O)C3)c1C#N. The predicted molar refractivity (Wildman–Crippen MR) is 100 cm³/mol. The number of carbonyl (C=O) groups excluding carboxylic acids is 2. The second-order valence-corrected chi connectivity index (χ2v) is 7.37. The number of nitriles is 1. The smallest absolute Gasteiger partial charge is 0.410 e. The van der Waals surface area contributed by atoms with Gasteiger partial charge in [0.1, 0.15) is 24.8 Å². The fraction of sp³-hybridized carbons (Fsp3) is 0.579. The van der Waals surface area contributed by atoms with E-state index in [1.54, 1.807) is 12.3 Å². The van der Waals surface area contributed by atoms with Crippen LogP contribution in [-0.4, -0.2) is 92.5 Å². The largest absolute Gasteiger partial charge is 0.480 e. The summed E-state index contributed by atoms with van der Waals surface area (Å²) in [6.07, 6.45) is 1.17. The van der Waals surface area contributed by atoms with Crippen LogP contribution in [0, 0.1) is 17.2 Å². The van der Waals surface area contributed by atoms with Gasteiger partial charge in [-0.05, 0) is 6.07 Å². The lowest BCUT2D eigenvalue weighted by molar-refractivity contribution is -0.134. The molecule has 2 bridgehead atoms. The van der Waals surface area contributed by atoms with Crippen LogP contribution in [0.3, 0.4) is 0 Å². The van der Waals surface area contributed by atoms with Crippen molar-refractivity contribution in [3.05, 3.63) is 17.8 Å². The van der Waals surface area contributed by atoms with Crippen LogP contribution in [0.25, 0.3) is 0 Å². The molecule has 10 heteroatoms. The molecule has 3 saturated heterocycles. The molecule has 0 aliphatic carbocycles. The second kappa shape index (κ2) is 8.13. The number of hydrogen-bond acceptors (Lipinski definition) is 8. The average molecular weight is 401 g/mol. The molecule has 0 aromatic carbocycles. The number of ether oxygens (including phenoxy) is 3. The van der Waals surface area contributed by atoms with Gasteiger partial charge in [0.15, 0.2) is 0 Å². The van der Waals surface area contributed by atoms with E-state index < -0.39 is 6.09 Å². The number of pyridine rings is 1. The van der Waals surface area contributed by atoms with E-state index in [0.717, 1.165) is 5.69 Å². The van der Waals surface area contributed by atoms with Crippen LogP contribution in [-0.2, 0) is 14.3 Å². The van der Waals surface area contributed by atoms with Gasteiger partial charge < -0.3 is 24.0 Å². The molecule has 1 aromatic heterocycles. The Morgan fingerprint density at radius 2 is 2.24 bits per heavy atom. The summed E-state index contributed by atoms with van der Waals surface area (Å²) in [6.45, 7) is 3.41. The first-order valence-corrected chi connectivity index (χ1v) is 9.57. The van der Waals surface area contributed by atoms with Gasteiger partial charge in [0.05, 0.1) is 38.6 Å². The summed E-state index contributed by atoms with van der Waals surface area (Å²) < 4.78 is 16.0. The molecule has 3 fully saturated rings. The summed E-state index contributed by atoms with van der Waals surface area (Å²) in [6, 6.07) is 3.81. The molecule has 0 radical (unpaired) electrons. The summed E-state index contributed by atoms with van der Waals surface area (Å²) >= 11 is 0. The first kappa shape index (κ1) is 19.3. The van der Waals surface area contributed by atoms with Crippen molar-refractivity contribution in [3.8, 4) is 11.9 Å². The highest BCUT2D eigenvalue weighted by molar-refractivity contribution is 5.83. The van der Waals surface area contributed by atoms with E-state index in [1.165, 1.54) is 12.0 Å². The van der Waals surface area contributed by atoms with Crippen molar-refractivity contribution in [3.63, 3.8) is 0 Å². The van der Waals surface area contributed by atoms with Gasteiger partial charge in [-0.25, -0.2) is 9.78 Å². The van der Waals surface area contributed by atoms with Crippen LogP contribution in [0.5, 0.6) is 5.88 Å². The molecule has 0 spiro atoms. The molecule has 0 unspecified atom stereocenters. The molecule has 10 nitrogen and oxygen atoms in total. The number of nitrogens with zero attached hydrogens (tertiary/aromatic N) is 5. The zero-order valence-corrected chi connectivity index (χ0v) is 16.2. The maximum Gasteiger partial charge on any atom is 0.410 e. The van der Waals surface area contributed by atoms with Crippen LogP contribution >= 0.6 is 0 Å². The van der Waals surface area contributed by atoms with E-state index >= 15 is 0 Å². The van der Waals surface area contributed by atoms with Crippen molar-refractivity contribution in [1.82, 2.24) is 14.8 Å². The number of amides is 2. The van der Waals surface area contributed by atoms with Gasteiger partial charge in [0, 0.05) is 31.7 Å². The summed E-state index contributed by atoms with van der Waals surface area (Å²) in [5.41, 5.74) is 1.13. The van der Waals surface area contributed by atoms with Crippen LogP contribution < -0.4 is 9.64 Å². The van der Waals surface area contributed by atoms with E-state index in [-0.39, 0.29) is 30.3 Å². The molecule has 0 saturated carbocycles. The topological polar surface area (TPSA) is 108 Å². The summed E-state index contributed by atoms with van der Waals surface area (Å²) in [5, 5.41) is 9.62. The molecule has 4 rings (SSSR count). The van der Waals surface area contributed by atoms with Gasteiger partial charge in [-0.15, -0.1) is 0 Å². The van der Waals surface area contributed by atoms with Crippen LogP contribution in [0.4, 0.5) is 10.5 Å². The molecule has 29 heavy (non-hydrogen) atoms. The van der Waals surface area contributed by atoms with Crippen molar-refractivity contribution < 1.29 is 23.8 Å². The summed E-state index contributed by atoms with van der Waals surface area (Å²) in [4.78, 5) is 34.2. The number of methoxy groups -OCH3 is 1. The van der Waals surface area contributed by atoms with E-state index in [0.29, 0.717) is 51.6 Å². The number of aromatic nitrogens is 1. The fourth-order valence-corrected chi connectivity index (χ4v) is 4.12. The Kier molecular flexibility index (Phi) is 5.40. The summed E-state index contributed by atoms with van der Waals surface area (Å²) in [5.74, 6) is 0.262. The maximum absolute atomic E-state index is 13.0. The zero-order chi connectivity index (χ0) is 20.4. The Hall–Kier alpha value is -3.06. The quantitative estimate of drug-likeness (QED) is 0.698. The monoisotopic (exact) mass is 401 g/mol. The predicted octanol–water partition coefficient (Wildman–Crippen LogP) is 0.0777. The van der Waals surface area contributed by atoms with Gasteiger partial charge in [0.25, 0.3) is 0 Å². The third-order valence-corrected chi connectivity index (χ3v) is 5.50. The lowest BCUT2D eigenvalue weighted by atomic mass is 10.1. The number of cyclic esters (lactones) is 1. The normalized spacial score (nSPS) is 24.0. The van der Waals surface area contributed by atoms with Crippen molar-refractivity contribution in [2.45, 2.75) is 6.04 Å². The van der Waals surface area contributed by atoms with Crippen LogP contribution in [0.1, 0.15) is 5.56 Å². The Balaban J connectivity index is 1.57. The number of rotatable bonds is 4. The van der Waals surface area contributed by atoms with Gasteiger partial charge in [-0.1, -0.05) is 0 Å². The lowest BCUT2D eigenvalue weighted by Gasteiger charge is -2.33. The Bertz CT molecular complexity index is 841. The molecule has 4 heterocycles. The van der Waals surface area contributed by atoms with Crippen molar-refractivity contribution >= 4 is 17.7 Å². The number of carbonyl (C=O) groups is 2. The van der Waals surface area contributed by atoms with Gasteiger partial charge in [0.2, 0.25) is 11.8 Å². The minimum absolute atomic E-state index is 0.00851. The minimum atomic E-state index is -0.448. The highest BCUT2D eigenvalue weighted by Gasteiger charge is 2.38. The molecular weight excluding hydrogens is 378 g/mol. The zero-order valence-electron chi connectivity index (χ0n) is 16.2. The van der Waals surface area contributed by atoms with Crippen molar-refractivity contribution in [2.24, 2.45) is 5.92 Å². The first-order valence-electron chi connectivity index (χ1n) is 9.57. The van der Waals surface area contributed by atoms with Gasteiger partial charge in [-0.3, -0.25) is 9.69 Å². The number of fused-ring (bicyclic) bond motifs is 3. The second-order valence-electron chi connectivity index (χ2n) is 7.37. The molecule has 0 N–H and O–H groups in total. The molecular formula is C19H23N5O5. The molecule has 154 valence electrons. The third kappa shape index (κ3) is 3.78. The van der Waals surface area contributed by atoms with Gasteiger partial charge in [-0.2, -0.15) is 5.26 Å². The first-order chi connectivity index (χ1) is 14.1. The van der Waals surface area contributed by atoms with Crippen LogP contribution in [0.15, 0.2) is 12.3 Å². The van der Waals surface area contributed by atoms with E-state index in [1.807, 2.05) is 4.90 Å². The minimum Gasteiger partial charge on any atom is -0.480 e. The van der Waals surface area contributed by atoms with Crippen molar-refractivity contribution in [1.29, 1.82) is 5.26 Å². The van der Waals surface area contributed by atoms with E-state index in [4.69, 9.17) is 14.2 Å². The van der Waals surface area contributed by atoms with E-state index in [2.05, 4.69) is 16.0 Å². The fourth-order valence-electron chi connectivity index (χ4n) is 4.12. The maximum atomic E-state index is 13.0. The molecule has 3 aliphatic rings. The Labute approximate surface area is 168 Å². The number of hydrogen-bond donors (Lipinski definition) is 0. The standard InChI is InChI=1S/C19H23N5O5/c1-27-18-15(6-20)16(2-3-21-18)23-7-13-8-24(14(9-23)12-28-11-13)17(25)10-22-4-5-29-19(22)26/h2-3,13-14H,4-5,7-12H2,1H3/t13-,14-/m0/s1. The average Bonchev–Trinajstić information content (AvgIpc) is 2.92. The third-order valence-electron chi connectivity index (χ3n) is 5.50. The highest BCUT2D eigenvalue weighted by Crippen LogP contribution is 2.30. The lowest BCUT2D eigenvalue weighted by Crippen LogP contribution is -2.50. The molecule has 1 aromatic rings. The van der Waals surface area contributed by atoms with Crippen molar-refractivity contribution in [2.75, 3.05) is 64.6 Å². The Morgan fingerprint density at radius 1 is 1.38 bits per heavy atom. The molecule has 2 amide bonds.